The van der Waals surface area contributed by atoms with Gasteiger partial charge in [-0.15, -0.1) is 0 Å². The molecule has 0 amide bonds. The molecule has 1 aliphatic carbocycles. The Labute approximate surface area is 124 Å². The molecule has 1 aromatic carbocycles. The largest absolute Gasteiger partial charge is 0.399 e. The first-order valence-corrected chi connectivity index (χ1v) is 8.48. The van der Waals surface area contributed by atoms with Gasteiger partial charge < -0.3 is 10.8 Å². The lowest BCUT2D eigenvalue weighted by atomic mass is 9.83. The molecule has 5 nitrogen and oxygen atoms in total. The molecule has 1 aliphatic rings. The van der Waals surface area contributed by atoms with E-state index in [0.29, 0.717) is 12.8 Å². The molecule has 0 aliphatic heterocycles. The highest BCUT2D eigenvalue weighted by molar-refractivity contribution is 7.89. The van der Waals surface area contributed by atoms with E-state index in [1.807, 2.05) is 0 Å². The van der Waals surface area contributed by atoms with Gasteiger partial charge in [0.1, 0.15) is 5.82 Å². The fourth-order valence-corrected chi connectivity index (χ4v) is 4.55. The Balaban J connectivity index is 2.38. The van der Waals surface area contributed by atoms with Crippen molar-refractivity contribution in [2.75, 3.05) is 12.3 Å². The molecule has 0 bridgehead atoms. The number of nitrogens with one attached hydrogen (secondary N) is 1. The maximum absolute atomic E-state index is 13.7. The Kier molecular flexibility index (Phi) is 4.55. The fraction of sp³-hybridized carbons (Fsp3) is 0.571. The van der Waals surface area contributed by atoms with E-state index >= 15 is 0 Å². The van der Waals surface area contributed by atoms with Gasteiger partial charge in [0.05, 0.1) is 17.0 Å². The van der Waals surface area contributed by atoms with Crippen LogP contribution in [0.25, 0.3) is 0 Å². The number of anilines is 1. The van der Waals surface area contributed by atoms with E-state index in [9.17, 15) is 17.9 Å². The molecule has 118 valence electrons. The first kappa shape index (κ1) is 16.2. The zero-order valence-electron chi connectivity index (χ0n) is 12.0. The lowest BCUT2D eigenvalue weighted by Gasteiger charge is -2.36. The Morgan fingerprint density at radius 3 is 2.52 bits per heavy atom. The minimum absolute atomic E-state index is 0.0283. The number of aliphatic hydroxyl groups excluding tert-OH is 1. The second-order valence-corrected chi connectivity index (χ2v) is 7.38. The Hall–Kier alpha value is -1.18. The summed E-state index contributed by atoms with van der Waals surface area (Å²) in [6.07, 6.45) is 3.88. The third-order valence-corrected chi connectivity index (χ3v) is 5.78. The van der Waals surface area contributed by atoms with Crippen LogP contribution in [0.1, 0.15) is 37.7 Å². The minimum Gasteiger partial charge on any atom is -0.399 e. The molecule has 0 radical (unpaired) electrons. The number of halogens is 1. The van der Waals surface area contributed by atoms with Crippen molar-refractivity contribution in [2.24, 2.45) is 0 Å². The van der Waals surface area contributed by atoms with Crippen molar-refractivity contribution < 1.29 is 17.9 Å². The van der Waals surface area contributed by atoms with Crippen molar-refractivity contribution >= 4 is 15.7 Å². The molecule has 0 unspecified atom stereocenters. The number of nitrogen functional groups attached to an aromatic ring is 1. The lowest BCUT2D eigenvalue weighted by Crippen LogP contribution is -2.52. The van der Waals surface area contributed by atoms with Crippen LogP contribution >= 0.6 is 0 Å². The number of hydrogen-bond donors (Lipinski definition) is 3. The molecular formula is C14H21FN2O3S. The number of sulfonamides is 1. The van der Waals surface area contributed by atoms with Gasteiger partial charge in [0.15, 0.2) is 0 Å². The SMILES string of the molecule is Cc1c(F)cc(N)cc1S(=O)(=O)NC1(CO)CCCCC1. The Bertz CT molecular complexity index is 625. The van der Waals surface area contributed by atoms with Gasteiger partial charge in [-0.3, -0.25) is 0 Å². The predicted octanol–water partition coefficient (Wildman–Crippen LogP) is 1.69. The van der Waals surface area contributed by atoms with E-state index in [1.54, 1.807) is 0 Å². The molecule has 4 N–H and O–H groups in total. The maximum Gasteiger partial charge on any atom is 0.241 e. The first-order valence-electron chi connectivity index (χ1n) is 7.00. The van der Waals surface area contributed by atoms with Crippen LogP contribution in [-0.4, -0.2) is 25.7 Å². The summed E-state index contributed by atoms with van der Waals surface area (Å²) >= 11 is 0. The summed E-state index contributed by atoms with van der Waals surface area (Å²) in [5.41, 5.74) is 4.77. The van der Waals surface area contributed by atoms with E-state index < -0.39 is 21.4 Å². The number of rotatable bonds is 4. The van der Waals surface area contributed by atoms with E-state index in [0.717, 1.165) is 25.3 Å². The van der Waals surface area contributed by atoms with Gasteiger partial charge in [0, 0.05) is 11.3 Å². The molecule has 0 atom stereocenters. The van der Waals surface area contributed by atoms with Crippen LogP contribution in [0, 0.1) is 12.7 Å². The molecule has 1 saturated carbocycles. The van der Waals surface area contributed by atoms with Crippen LogP contribution in [0.15, 0.2) is 17.0 Å². The molecule has 1 aromatic rings. The summed E-state index contributed by atoms with van der Waals surface area (Å²) in [5, 5.41) is 9.60. The molecule has 0 aromatic heterocycles. The van der Waals surface area contributed by atoms with Crippen LogP contribution in [0.2, 0.25) is 0 Å². The quantitative estimate of drug-likeness (QED) is 0.737. The van der Waals surface area contributed by atoms with Gasteiger partial charge in [-0.25, -0.2) is 17.5 Å². The van der Waals surface area contributed by atoms with Crippen molar-refractivity contribution in [3.63, 3.8) is 0 Å². The Morgan fingerprint density at radius 2 is 1.95 bits per heavy atom. The van der Waals surface area contributed by atoms with Gasteiger partial charge in [0.25, 0.3) is 0 Å². The second kappa shape index (κ2) is 5.90. The zero-order chi connectivity index (χ0) is 15.7. The van der Waals surface area contributed by atoms with E-state index in [1.165, 1.54) is 13.0 Å². The van der Waals surface area contributed by atoms with Crippen molar-refractivity contribution in [2.45, 2.75) is 49.5 Å². The summed E-state index contributed by atoms with van der Waals surface area (Å²) in [6, 6.07) is 2.34. The van der Waals surface area contributed by atoms with Crippen LogP contribution in [-0.2, 0) is 10.0 Å². The average molecular weight is 316 g/mol. The van der Waals surface area contributed by atoms with Crippen molar-refractivity contribution in [3.05, 3.63) is 23.5 Å². The summed E-state index contributed by atoms with van der Waals surface area (Å²) in [4.78, 5) is -0.168. The molecular weight excluding hydrogens is 295 g/mol. The summed E-state index contributed by atoms with van der Waals surface area (Å²) < 4.78 is 41.4. The van der Waals surface area contributed by atoms with Gasteiger partial charge >= 0.3 is 0 Å². The van der Waals surface area contributed by atoms with Gasteiger partial charge in [-0.1, -0.05) is 19.3 Å². The predicted molar refractivity (Wildman–Crippen MR) is 78.8 cm³/mol. The molecule has 21 heavy (non-hydrogen) atoms. The maximum atomic E-state index is 13.7. The zero-order valence-corrected chi connectivity index (χ0v) is 12.8. The van der Waals surface area contributed by atoms with Gasteiger partial charge in [-0.05, 0) is 31.9 Å². The first-order chi connectivity index (χ1) is 9.80. The second-order valence-electron chi connectivity index (χ2n) is 5.73. The monoisotopic (exact) mass is 316 g/mol. The average Bonchev–Trinajstić information content (AvgIpc) is 2.43. The van der Waals surface area contributed by atoms with E-state index in [4.69, 9.17) is 5.73 Å². The third kappa shape index (κ3) is 3.36. The van der Waals surface area contributed by atoms with Crippen molar-refractivity contribution in [1.29, 1.82) is 0 Å². The highest BCUT2D eigenvalue weighted by atomic mass is 32.2. The lowest BCUT2D eigenvalue weighted by molar-refractivity contribution is 0.142. The standard InChI is InChI=1S/C14H21FN2O3S/c1-10-12(15)7-11(16)8-13(10)21(19,20)17-14(9-18)5-3-2-4-6-14/h7-8,17-18H,2-6,9,16H2,1H3. The van der Waals surface area contributed by atoms with Gasteiger partial charge in [-0.2, -0.15) is 0 Å². The number of nitrogens with two attached hydrogens (primary N) is 1. The van der Waals surface area contributed by atoms with E-state index in [-0.39, 0.29) is 22.8 Å². The number of benzene rings is 1. The van der Waals surface area contributed by atoms with Gasteiger partial charge in [0.2, 0.25) is 10.0 Å². The molecule has 7 heteroatoms. The fourth-order valence-electron chi connectivity index (χ4n) is 2.81. The molecule has 2 rings (SSSR count). The molecule has 0 heterocycles. The topological polar surface area (TPSA) is 92.4 Å². The Morgan fingerprint density at radius 1 is 1.33 bits per heavy atom. The molecule has 0 spiro atoms. The number of aliphatic hydroxyl groups is 1. The highest BCUT2D eigenvalue weighted by Crippen LogP contribution is 2.30. The van der Waals surface area contributed by atoms with Crippen LogP contribution in [0.5, 0.6) is 0 Å². The summed E-state index contributed by atoms with van der Waals surface area (Å²) in [7, 11) is -3.94. The summed E-state index contributed by atoms with van der Waals surface area (Å²) in [6.45, 7) is 1.13. The van der Waals surface area contributed by atoms with Crippen LogP contribution in [0.4, 0.5) is 10.1 Å². The molecule has 1 fully saturated rings. The third-order valence-electron chi connectivity index (χ3n) is 4.07. The van der Waals surface area contributed by atoms with E-state index in [2.05, 4.69) is 4.72 Å². The van der Waals surface area contributed by atoms with Crippen LogP contribution < -0.4 is 10.5 Å². The highest BCUT2D eigenvalue weighted by Gasteiger charge is 2.36. The normalized spacial score (nSPS) is 18.6. The van der Waals surface area contributed by atoms with Crippen molar-refractivity contribution in [1.82, 2.24) is 4.72 Å². The minimum atomic E-state index is -3.94. The molecule has 0 saturated heterocycles. The number of hydrogen-bond acceptors (Lipinski definition) is 4. The smallest absolute Gasteiger partial charge is 0.241 e. The summed E-state index contributed by atoms with van der Waals surface area (Å²) in [5.74, 6) is -0.655. The van der Waals surface area contributed by atoms with Crippen molar-refractivity contribution in [3.8, 4) is 0 Å². The van der Waals surface area contributed by atoms with Crippen LogP contribution in [0.3, 0.4) is 0 Å².